The number of carbonyl (C=O) groups is 1. The first-order valence-corrected chi connectivity index (χ1v) is 3.31. The van der Waals surface area contributed by atoms with Crippen molar-refractivity contribution in [3.8, 4) is 0 Å². The minimum absolute atomic E-state index is 0.440. The topological polar surface area (TPSA) is 52.2 Å². The zero-order valence-corrected chi connectivity index (χ0v) is 5.78. The van der Waals surface area contributed by atoms with Crippen LogP contribution in [0.3, 0.4) is 0 Å². The molecular weight excluding hydrogens is 142 g/mol. The van der Waals surface area contributed by atoms with Gasteiger partial charge < -0.3 is 15.2 Å². The van der Waals surface area contributed by atoms with E-state index in [-0.39, 0.29) is 0 Å². The molecule has 1 amide bonds. The summed E-state index contributed by atoms with van der Waals surface area (Å²) in [6, 6.07) is 0. The molecule has 4 heteroatoms. The maximum absolute atomic E-state index is 9.71. The van der Waals surface area contributed by atoms with E-state index in [1.54, 1.807) is 0 Å². The van der Waals surface area contributed by atoms with E-state index in [1.165, 1.54) is 0 Å². The van der Waals surface area contributed by atoms with Crippen LogP contribution in [-0.4, -0.2) is 18.5 Å². The second kappa shape index (κ2) is 5.69. The van der Waals surface area contributed by atoms with E-state index in [9.17, 15) is 9.90 Å². The normalized spacial score (nSPS) is 9.00. The van der Waals surface area contributed by atoms with Crippen LogP contribution >= 0.6 is 11.6 Å². The Morgan fingerprint density at radius 3 is 2.67 bits per heavy atom. The molecule has 9 heavy (non-hydrogen) atoms. The van der Waals surface area contributed by atoms with E-state index < -0.39 is 6.09 Å². The third kappa shape index (κ3) is 7.56. The fraction of sp³-hybridized carbons (Fsp3) is 0.800. The molecule has 1 N–H and O–H groups in total. The van der Waals surface area contributed by atoms with Crippen molar-refractivity contribution in [1.29, 1.82) is 0 Å². The van der Waals surface area contributed by atoms with Gasteiger partial charge in [-0.15, -0.1) is 11.6 Å². The highest BCUT2D eigenvalue weighted by molar-refractivity contribution is 6.17. The fourth-order valence-electron chi connectivity index (χ4n) is 0.410. The maximum atomic E-state index is 9.71. The largest absolute Gasteiger partial charge is 0.530 e. The summed E-state index contributed by atoms with van der Waals surface area (Å²) in [6.45, 7) is 0.440. The lowest BCUT2D eigenvalue weighted by Gasteiger charge is -2.03. The quantitative estimate of drug-likeness (QED) is 0.451. The molecule has 0 fully saturated rings. The number of rotatable bonds is 4. The molecule has 0 unspecified atom stereocenters. The number of unbranched alkanes of at least 4 members (excludes halogenated alkanes) is 1. The van der Waals surface area contributed by atoms with Gasteiger partial charge in [0.05, 0.1) is 0 Å². The van der Waals surface area contributed by atoms with Crippen molar-refractivity contribution < 1.29 is 9.90 Å². The van der Waals surface area contributed by atoms with Crippen LogP contribution in [0.1, 0.15) is 12.8 Å². The van der Waals surface area contributed by atoms with Crippen molar-refractivity contribution in [1.82, 2.24) is 5.32 Å². The lowest BCUT2D eigenvalue weighted by molar-refractivity contribution is -0.250. The smallest absolute Gasteiger partial charge is 0.134 e. The van der Waals surface area contributed by atoms with Crippen LogP contribution < -0.4 is 10.4 Å². The van der Waals surface area contributed by atoms with E-state index in [0.29, 0.717) is 12.4 Å². The van der Waals surface area contributed by atoms with Crippen LogP contribution in [0.25, 0.3) is 0 Å². The maximum Gasteiger partial charge on any atom is 0.134 e. The molecule has 0 heterocycles. The molecule has 0 spiro atoms. The molecule has 3 nitrogen and oxygen atoms in total. The number of halogens is 1. The first-order chi connectivity index (χ1) is 4.27. The number of nitrogens with one attached hydrogen (secondary N) is 1. The Morgan fingerprint density at radius 2 is 2.22 bits per heavy atom. The third-order valence-corrected chi connectivity index (χ3v) is 1.10. The highest BCUT2D eigenvalue weighted by Crippen LogP contribution is 1.88. The van der Waals surface area contributed by atoms with Crippen LogP contribution in [-0.2, 0) is 0 Å². The highest BCUT2D eigenvalue weighted by Gasteiger charge is 1.84. The number of hydrogen-bond donors (Lipinski definition) is 1. The highest BCUT2D eigenvalue weighted by atomic mass is 35.5. The van der Waals surface area contributed by atoms with Gasteiger partial charge in [-0.05, 0) is 12.8 Å². The number of amides is 1. The SMILES string of the molecule is O=C([O-])NCCCCCl. The van der Waals surface area contributed by atoms with Gasteiger partial charge in [0, 0.05) is 12.4 Å². The van der Waals surface area contributed by atoms with Gasteiger partial charge in [0.1, 0.15) is 6.09 Å². The Hall–Kier alpha value is -0.440. The van der Waals surface area contributed by atoms with Crippen molar-refractivity contribution in [2.75, 3.05) is 12.4 Å². The standard InChI is InChI=1S/C5H10ClNO2/c6-3-1-2-4-7-5(8)9/h7H,1-4H2,(H,8,9)/p-1. The molecule has 0 aliphatic rings. The van der Waals surface area contributed by atoms with Gasteiger partial charge in [0.25, 0.3) is 0 Å². The van der Waals surface area contributed by atoms with Crippen LogP contribution in [0.15, 0.2) is 0 Å². The first kappa shape index (κ1) is 8.56. The predicted molar refractivity (Wildman–Crippen MR) is 33.4 cm³/mol. The number of carboxylic acid groups (broad SMARTS) is 1. The Bertz CT molecular complexity index is 87.0. The Balaban J connectivity index is 2.83. The molecule has 0 atom stereocenters. The summed E-state index contributed by atoms with van der Waals surface area (Å²) in [4.78, 5) is 9.71. The van der Waals surface area contributed by atoms with Crippen molar-refractivity contribution >= 4 is 17.7 Å². The fourth-order valence-corrected chi connectivity index (χ4v) is 0.599. The molecule has 54 valence electrons. The van der Waals surface area contributed by atoms with Crippen LogP contribution in [0.5, 0.6) is 0 Å². The van der Waals surface area contributed by atoms with Crippen molar-refractivity contribution in [2.24, 2.45) is 0 Å². The summed E-state index contributed by atoms with van der Waals surface area (Å²) >= 11 is 5.33. The average Bonchev–Trinajstić information content (AvgIpc) is 1.80. The molecule has 0 aliphatic carbocycles. The van der Waals surface area contributed by atoms with Crippen LogP contribution in [0.4, 0.5) is 4.79 Å². The zero-order chi connectivity index (χ0) is 7.11. The van der Waals surface area contributed by atoms with E-state index in [0.717, 1.165) is 12.8 Å². The molecule has 0 aromatic carbocycles. The van der Waals surface area contributed by atoms with Gasteiger partial charge in [-0.2, -0.15) is 0 Å². The van der Waals surface area contributed by atoms with Crippen LogP contribution in [0.2, 0.25) is 0 Å². The van der Waals surface area contributed by atoms with E-state index in [2.05, 4.69) is 5.32 Å². The van der Waals surface area contributed by atoms with Gasteiger partial charge >= 0.3 is 0 Å². The molecule has 0 aromatic rings. The summed E-state index contributed by atoms with van der Waals surface area (Å²) in [5.41, 5.74) is 0. The molecule has 0 bridgehead atoms. The zero-order valence-electron chi connectivity index (χ0n) is 5.02. The molecular formula is C5H9ClNO2-. The molecule has 0 aromatic heterocycles. The number of alkyl halides is 1. The van der Waals surface area contributed by atoms with E-state index in [1.807, 2.05) is 0 Å². The van der Waals surface area contributed by atoms with Gasteiger partial charge in [0.2, 0.25) is 0 Å². The lowest BCUT2D eigenvalue weighted by atomic mass is 10.3. The average molecular weight is 151 g/mol. The summed E-state index contributed by atoms with van der Waals surface area (Å²) in [5, 5.41) is 11.8. The molecule has 0 radical (unpaired) electrons. The summed E-state index contributed by atoms with van der Waals surface area (Å²) < 4.78 is 0. The minimum atomic E-state index is -1.22. The monoisotopic (exact) mass is 150 g/mol. The summed E-state index contributed by atoms with van der Waals surface area (Å²) in [5.74, 6) is 0.578. The van der Waals surface area contributed by atoms with Crippen LogP contribution in [0, 0.1) is 0 Å². The second-order valence-electron chi connectivity index (χ2n) is 1.61. The van der Waals surface area contributed by atoms with Gasteiger partial charge in [-0.25, -0.2) is 0 Å². The Labute approximate surface area is 59.0 Å². The van der Waals surface area contributed by atoms with Gasteiger partial charge in [0.15, 0.2) is 0 Å². The molecule has 0 saturated carbocycles. The second-order valence-corrected chi connectivity index (χ2v) is 1.99. The lowest BCUT2D eigenvalue weighted by Crippen LogP contribution is -2.36. The van der Waals surface area contributed by atoms with Crippen molar-refractivity contribution in [3.63, 3.8) is 0 Å². The molecule has 0 aliphatic heterocycles. The van der Waals surface area contributed by atoms with Crippen molar-refractivity contribution in [3.05, 3.63) is 0 Å². The van der Waals surface area contributed by atoms with E-state index >= 15 is 0 Å². The van der Waals surface area contributed by atoms with E-state index in [4.69, 9.17) is 11.6 Å². The summed E-state index contributed by atoms with van der Waals surface area (Å²) in [7, 11) is 0. The predicted octanol–water partition coefficient (Wildman–Crippen LogP) is -0.0617. The summed E-state index contributed by atoms with van der Waals surface area (Å²) in [6.07, 6.45) is 0.392. The Morgan fingerprint density at radius 1 is 1.56 bits per heavy atom. The minimum Gasteiger partial charge on any atom is -0.530 e. The molecule has 0 saturated heterocycles. The third-order valence-electron chi connectivity index (χ3n) is 0.830. The van der Waals surface area contributed by atoms with Gasteiger partial charge in [-0.1, -0.05) is 0 Å². The van der Waals surface area contributed by atoms with Gasteiger partial charge in [-0.3, -0.25) is 0 Å². The number of carbonyl (C=O) groups excluding carboxylic acids is 1. The van der Waals surface area contributed by atoms with Crippen molar-refractivity contribution in [2.45, 2.75) is 12.8 Å². The Kier molecular flexibility index (Phi) is 5.41. The molecule has 0 rings (SSSR count). The number of hydrogen-bond acceptors (Lipinski definition) is 2. The first-order valence-electron chi connectivity index (χ1n) is 2.78.